The number of aliphatic imine (C=N–C) groups is 1. The molecule has 25 heavy (non-hydrogen) atoms. The quantitative estimate of drug-likeness (QED) is 0.407. The molecular weight excluding hydrogens is 316 g/mol. The molecule has 1 aliphatic rings. The molecular formula is C19H28N4O2. The second-order valence-corrected chi connectivity index (χ2v) is 6.34. The summed E-state index contributed by atoms with van der Waals surface area (Å²) in [4.78, 5) is 17.8. The van der Waals surface area contributed by atoms with Crippen LogP contribution in [0.3, 0.4) is 0 Å². The van der Waals surface area contributed by atoms with E-state index in [4.69, 9.17) is 4.74 Å². The average molecular weight is 344 g/mol. The number of hydrogen-bond donors (Lipinski definition) is 2. The number of para-hydroxylation sites is 1. The lowest BCUT2D eigenvalue weighted by molar-refractivity contribution is -0.127. The van der Waals surface area contributed by atoms with E-state index in [0.717, 1.165) is 17.9 Å². The molecule has 0 heterocycles. The number of rotatable bonds is 9. The topological polar surface area (TPSA) is 66.0 Å². The SMILES string of the molecule is C=CCNC(=NCc1ccccc1OCC1CC1)NCC(=O)N(C)C. The summed E-state index contributed by atoms with van der Waals surface area (Å²) < 4.78 is 5.92. The zero-order chi connectivity index (χ0) is 18.1. The molecule has 2 N–H and O–H groups in total. The molecule has 0 bridgehead atoms. The summed E-state index contributed by atoms with van der Waals surface area (Å²) in [6, 6.07) is 7.95. The van der Waals surface area contributed by atoms with Gasteiger partial charge in [0.1, 0.15) is 5.75 Å². The molecule has 1 aromatic carbocycles. The molecule has 0 radical (unpaired) electrons. The van der Waals surface area contributed by atoms with Gasteiger partial charge in [0.2, 0.25) is 5.91 Å². The first-order valence-corrected chi connectivity index (χ1v) is 8.64. The second kappa shape index (κ2) is 9.71. The maximum atomic E-state index is 11.7. The highest BCUT2D eigenvalue weighted by Crippen LogP contribution is 2.30. The Hall–Kier alpha value is -2.50. The third-order valence-electron chi connectivity index (χ3n) is 3.87. The van der Waals surface area contributed by atoms with E-state index in [2.05, 4.69) is 22.2 Å². The van der Waals surface area contributed by atoms with Crippen molar-refractivity contribution in [1.29, 1.82) is 0 Å². The molecule has 1 fully saturated rings. The number of hydrogen-bond acceptors (Lipinski definition) is 3. The lowest BCUT2D eigenvalue weighted by Crippen LogP contribution is -2.43. The monoisotopic (exact) mass is 344 g/mol. The first-order chi connectivity index (χ1) is 12.1. The van der Waals surface area contributed by atoms with E-state index in [1.54, 1.807) is 25.1 Å². The van der Waals surface area contributed by atoms with E-state index >= 15 is 0 Å². The second-order valence-electron chi connectivity index (χ2n) is 6.34. The van der Waals surface area contributed by atoms with Gasteiger partial charge in [-0.25, -0.2) is 4.99 Å². The molecule has 0 unspecified atom stereocenters. The fourth-order valence-electron chi connectivity index (χ4n) is 2.09. The van der Waals surface area contributed by atoms with E-state index in [0.29, 0.717) is 25.0 Å². The Morgan fingerprint density at radius 2 is 2.12 bits per heavy atom. The normalized spacial score (nSPS) is 13.9. The molecule has 0 aliphatic heterocycles. The van der Waals surface area contributed by atoms with Gasteiger partial charge >= 0.3 is 0 Å². The summed E-state index contributed by atoms with van der Waals surface area (Å²) >= 11 is 0. The van der Waals surface area contributed by atoms with E-state index in [1.807, 2.05) is 24.3 Å². The zero-order valence-corrected chi connectivity index (χ0v) is 15.1. The Labute approximate surface area is 150 Å². The minimum atomic E-state index is -0.0127. The van der Waals surface area contributed by atoms with Crippen molar-refractivity contribution in [3.8, 4) is 5.75 Å². The number of likely N-dealkylation sites (N-methyl/N-ethyl adjacent to an activating group) is 1. The molecule has 6 heteroatoms. The van der Waals surface area contributed by atoms with Gasteiger partial charge in [0.05, 0.1) is 19.7 Å². The van der Waals surface area contributed by atoms with Crippen LogP contribution in [0, 0.1) is 5.92 Å². The van der Waals surface area contributed by atoms with Crippen molar-refractivity contribution in [3.63, 3.8) is 0 Å². The van der Waals surface area contributed by atoms with Crippen LogP contribution in [-0.4, -0.2) is 50.6 Å². The van der Waals surface area contributed by atoms with Crippen LogP contribution in [0.15, 0.2) is 41.9 Å². The van der Waals surface area contributed by atoms with E-state index in [1.165, 1.54) is 12.8 Å². The number of carbonyl (C=O) groups is 1. The van der Waals surface area contributed by atoms with E-state index in [-0.39, 0.29) is 12.5 Å². The van der Waals surface area contributed by atoms with Gasteiger partial charge in [-0.05, 0) is 24.8 Å². The third kappa shape index (κ3) is 6.87. The fraction of sp³-hybridized carbons (Fsp3) is 0.474. The molecule has 0 aromatic heterocycles. The Morgan fingerprint density at radius 3 is 2.80 bits per heavy atom. The minimum Gasteiger partial charge on any atom is -0.493 e. The van der Waals surface area contributed by atoms with Gasteiger partial charge in [0, 0.05) is 26.2 Å². The Balaban J connectivity index is 1.97. The highest BCUT2D eigenvalue weighted by atomic mass is 16.5. The molecule has 1 aliphatic carbocycles. The van der Waals surface area contributed by atoms with Crippen LogP contribution in [-0.2, 0) is 11.3 Å². The van der Waals surface area contributed by atoms with Crippen molar-refractivity contribution in [2.75, 3.05) is 33.8 Å². The fourth-order valence-corrected chi connectivity index (χ4v) is 2.09. The smallest absolute Gasteiger partial charge is 0.241 e. The summed E-state index contributed by atoms with van der Waals surface area (Å²) in [6.07, 6.45) is 4.27. The van der Waals surface area contributed by atoms with Crippen molar-refractivity contribution in [1.82, 2.24) is 15.5 Å². The van der Waals surface area contributed by atoms with Gasteiger partial charge in [0.25, 0.3) is 0 Å². The lowest BCUT2D eigenvalue weighted by atomic mass is 10.2. The van der Waals surface area contributed by atoms with Crippen LogP contribution in [0.25, 0.3) is 0 Å². The average Bonchev–Trinajstić information content (AvgIpc) is 3.44. The predicted octanol–water partition coefficient (Wildman–Crippen LogP) is 1.78. The molecule has 1 saturated carbocycles. The highest BCUT2D eigenvalue weighted by Gasteiger charge is 2.22. The molecule has 0 atom stereocenters. The van der Waals surface area contributed by atoms with Crippen LogP contribution < -0.4 is 15.4 Å². The van der Waals surface area contributed by atoms with Crippen molar-refractivity contribution in [2.45, 2.75) is 19.4 Å². The molecule has 6 nitrogen and oxygen atoms in total. The number of ether oxygens (including phenoxy) is 1. The van der Waals surface area contributed by atoms with Gasteiger partial charge in [-0.3, -0.25) is 4.79 Å². The molecule has 0 saturated heterocycles. The van der Waals surface area contributed by atoms with Crippen LogP contribution >= 0.6 is 0 Å². The van der Waals surface area contributed by atoms with Crippen LogP contribution in [0.2, 0.25) is 0 Å². The van der Waals surface area contributed by atoms with Gasteiger partial charge < -0.3 is 20.3 Å². The number of carbonyl (C=O) groups excluding carboxylic acids is 1. The van der Waals surface area contributed by atoms with Gasteiger partial charge in [-0.15, -0.1) is 6.58 Å². The summed E-state index contributed by atoms with van der Waals surface area (Å²) in [5, 5.41) is 6.17. The zero-order valence-electron chi connectivity index (χ0n) is 15.1. The maximum absolute atomic E-state index is 11.7. The van der Waals surface area contributed by atoms with Crippen molar-refractivity contribution < 1.29 is 9.53 Å². The number of nitrogens with one attached hydrogen (secondary N) is 2. The number of nitrogens with zero attached hydrogens (tertiary/aromatic N) is 2. The van der Waals surface area contributed by atoms with Crippen molar-refractivity contribution >= 4 is 11.9 Å². The van der Waals surface area contributed by atoms with E-state index < -0.39 is 0 Å². The first kappa shape index (κ1) is 18.8. The third-order valence-corrected chi connectivity index (χ3v) is 3.87. The van der Waals surface area contributed by atoms with Crippen LogP contribution in [0.5, 0.6) is 5.75 Å². The number of guanidine groups is 1. The Kier molecular flexibility index (Phi) is 7.32. The minimum absolute atomic E-state index is 0.0127. The molecule has 1 amide bonds. The summed E-state index contributed by atoms with van der Waals surface area (Å²) in [7, 11) is 3.46. The standard InChI is InChI=1S/C19H28N4O2/c1-4-11-20-19(22-13-18(24)23(2)3)21-12-16-7-5-6-8-17(16)25-14-15-9-10-15/h4-8,15H,1,9-14H2,2-3H3,(H2,20,21,22). The molecule has 0 spiro atoms. The maximum Gasteiger partial charge on any atom is 0.241 e. The lowest BCUT2D eigenvalue weighted by Gasteiger charge is -2.15. The van der Waals surface area contributed by atoms with E-state index in [9.17, 15) is 4.79 Å². The molecule has 1 aromatic rings. The molecule has 136 valence electrons. The molecule has 2 rings (SSSR count). The van der Waals surface area contributed by atoms with Gasteiger partial charge in [0.15, 0.2) is 5.96 Å². The highest BCUT2D eigenvalue weighted by molar-refractivity contribution is 5.86. The van der Waals surface area contributed by atoms with Crippen LogP contribution in [0.4, 0.5) is 0 Å². The summed E-state index contributed by atoms with van der Waals surface area (Å²) in [5.41, 5.74) is 1.03. The van der Waals surface area contributed by atoms with Gasteiger partial charge in [-0.1, -0.05) is 24.3 Å². The van der Waals surface area contributed by atoms with Crippen molar-refractivity contribution in [2.24, 2.45) is 10.9 Å². The van der Waals surface area contributed by atoms with Gasteiger partial charge in [-0.2, -0.15) is 0 Å². The largest absolute Gasteiger partial charge is 0.493 e. The van der Waals surface area contributed by atoms with Crippen molar-refractivity contribution in [3.05, 3.63) is 42.5 Å². The number of amides is 1. The van der Waals surface area contributed by atoms with Crippen LogP contribution in [0.1, 0.15) is 18.4 Å². The number of benzene rings is 1. The summed E-state index contributed by atoms with van der Waals surface area (Å²) in [6.45, 7) is 5.71. The predicted molar refractivity (Wildman–Crippen MR) is 101 cm³/mol. The Morgan fingerprint density at radius 1 is 1.36 bits per heavy atom. The summed E-state index contributed by atoms with van der Waals surface area (Å²) in [5.74, 6) is 2.15. The first-order valence-electron chi connectivity index (χ1n) is 8.64. The Bertz CT molecular complexity index is 609.